The highest BCUT2D eigenvalue weighted by atomic mass is 79.9. The summed E-state index contributed by atoms with van der Waals surface area (Å²) in [7, 11) is 0. The van der Waals surface area contributed by atoms with Crippen LogP contribution >= 0.6 is 15.9 Å². The van der Waals surface area contributed by atoms with Crippen molar-refractivity contribution in [2.75, 3.05) is 0 Å². The van der Waals surface area contributed by atoms with E-state index in [4.69, 9.17) is 0 Å². The Kier molecular flexibility index (Phi) is 4.16. The van der Waals surface area contributed by atoms with Crippen molar-refractivity contribution in [3.63, 3.8) is 0 Å². The molecule has 0 heterocycles. The summed E-state index contributed by atoms with van der Waals surface area (Å²) < 4.78 is 0. The topological polar surface area (TPSA) is 17.1 Å². The van der Waals surface area contributed by atoms with E-state index in [2.05, 4.69) is 36.4 Å². The molecule has 0 saturated heterocycles. The van der Waals surface area contributed by atoms with E-state index in [-0.39, 0.29) is 5.78 Å². The highest BCUT2D eigenvalue weighted by Crippen LogP contribution is 2.47. The Bertz CT molecular complexity index is 268. The highest BCUT2D eigenvalue weighted by molar-refractivity contribution is 9.09. The zero-order chi connectivity index (χ0) is 11.6. The highest BCUT2D eigenvalue weighted by Gasteiger charge is 2.37. The molecular formula is C13H21BrO. The van der Waals surface area contributed by atoms with Crippen LogP contribution in [0.3, 0.4) is 0 Å². The molecule has 1 saturated carbocycles. The molecule has 15 heavy (non-hydrogen) atoms. The molecule has 2 atom stereocenters. The van der Waals surface area contributed by atoms with Crippen molar-refractivity contribution >= 4 is 21.7 Å². The fourth-order valence-corrected chi connectivity index (χ4v) is 3.05. The SMILES string of the molecule is C=C1C(Br)CCC(C)(C)C1CCC(C)=O. The van der Waals surface area contributed by atoms with Crippen molar-refractivity contribution in [1.29, 1.82) is 0 Å². The molecule has 0 bridgehead atoms. The molecule has 0 amide bonds. The summed E-state index contributed by atoms with van der Waals surface area (Å²) in [5, 5.41) is 0. The zero-order valence-corrected chi connectivity index (χ0v) is 11.6. The average Bonchev–Trinajstić information content (AvgIpc) is 2.11. The molecule has 2 heteroatoms. The summed E-state index contributed by atoms with van der Waals surface area (Å²) in [5.74, 6) is 0.773. The van der Waals surface area contributed by atoms with E-state index in [0.717, 1.165) is 6.42 Å². The van der Waals surface area contributed by atoms with Gasteiger partial charge >= 0.3 is 0 Å². The Hall–Kier alpha value is -0.110. The lowest BCUT2D eigenvalue weighted by molar-refractivity contribution is -0.117. The van der Waals surface area contributed by atoms with Crippen LogP contribution in [0.15, 0.2) is 12.2 Å². The quantitative estimate of drug-likeness (QED) is 0.558. The number of hydrogen-bond donors (Lipinski definition) is 0. The van der Waals surface area contributed by atoms with Crippen LogP contribution in [0.2, 0.25) is 0 Å². The molecule has 0 aromatic rings. The van der Waals surface area contributed by atoms with Crippen molar-refractivity contribution in [1.82, 2.24) is 0 Å². The molecule has 0 aliphatic heterocycles. The van der Waals surface area contributed by atoms with Gasteiger partial charge in [-0.2, -0.15) is 0 Å². The van der Waals surface area contributed by atoms with Gasteiger partial charge in [0.2, 0.25) is 0 Å². The number of rotatable bonds is 3. The lowest BCUT2D eigenvalue weighted by Crippen LogP contribution is -2.34. The van der Waals surface area contributed by atoms with Gasteiger partial charge in [0.15, 0.2) is 0 Å². The van der Waals surface area contributed by atoms with E-state index in [1.165, 1.54) is 18.4 Å². The van der Waals surface area contributed by atoms with Gasteiger partial charge in [-0.1, -0.05) is 41.9 Å². The van der Waals surface area contributed by atoms with E-state index >= 15 is 0 Å². The minimum absolute atomic E-state index is 0.287. The fourth-order valence-electron chi connectivity index (χ4n) is 2.50. The third-order valence-electron chi connectivity index (χ3n) is 3.62. The molecular weight excluding hydrogens is 252 g/mol. The number of halogens is 1. The van der Waals surface area contributed by atoms with Gasteiger partial charge in [-0.15, -0.1) is 0 Å². The van der Waals surface area contributed by atoms with Crippen molar-refractivity contribution < 1.29 is 4.79 Å². The third kappa shape index (κ3) is 3.17. The maximum atomic E-state index is 11.0. The van der Waals surface area contributed by atoms with Crippen LogP contribution in [0.25, 0.3) is 0 Å². The Labute approximate surface area is 101 Å². The smallest absolute Gasteiger partial charge is 0.129 e. The van der Waals surface area contributed by atoms with E-state index in [9.17, 15) is 4.79 Å². The summed E-state index contributed by atoms with van der Waals surface area (Å²) in [5.41, 5.74) is 1.59. The summed E-state index contributed by atoms with van der Waals surface area (Å²) in [6.45, 7) is 10.4. The molecule has 1 rings (SSSR count). The molecule has 0 aromatic carbocycles. The molecule has 1 aliphatic carbocycles. The summed E-state index contributed by atoms with van der Waals surface area (Å²) in [6, 6.07) is 0. The van der Waals surface area contributed by atoms with Gasteiger partial charge in [-0.05, 0) is 37.5 Å². The predicted molar refractivity (Wildman–Crippen MR) is 68.3 cm³/mol. The van der Waals surface area contributed by atoms with E-state index in [1.807, 2.05) is 0 Å². The molecule has 1 aliphatic rings. The molecule has 0 aromatic heterocycles. The third-order valence-corrected chi connectivity index (χ3v) is 4.67. The molecule has 0 N–H and O–H groups in total. The van der Waals surface area contributed by atoms with Crippen LogP contribution in [-0.4, -0.2) is 10.6 Å². The number of ketones is 1. The second-order valence-electron chi connectivity index (χ2n) is 5.36. The number of alkyl halides is 1. The fraction of sp³-hybridized carbons (Fsp3) is 0.769. The molecule has 1 fully saturated rings. The van der Waals surface area contributed by atoms with Crippen LogP contribution in [0.4, 0.5) is 0 Å². The van der Waals surface area contributed by atoms with Gasteiger partial charge in [-0.3, -0.25) is 0 Å². The van der Waals surface area contributed by atoms with Crippen molar-refractivity contribution in [3.05, 3.63) is 12.2 Å². The first-order valence-electron chi connectivity index (χ1n) is 5.67. The number of Topliss-reactive ketones (excluding diaryl/α,β-unsaturated/α-hetero) is 1. The first-order chi connectivity index (χ1) is 6.84. The van der Waals surface area contributed by atoms with Gasteiger partial charge in [0.05, 0.1) is 0 Å². The Morgan fingerprint density at radius 2 is 2.20 bits per heavy atom. The zero-order valence-electron chi connectivity index (χ0n) is 9.98. The van der Waals surface area contributed by atoms with Crippen molar-refractivity contribution in [3.8, 4) is 0 Å². The van der Waals surface area contributed by atoms with Crippen LogP contribution in [-0.2, 0) is 4.79 Å². The lowest BCUT2D eigenvalue weighted by Gasteiger charge is -2.42. The van der Waals surface area contributed by atoms with Crippen LogP contribution < -0.4 is 0 Å². The maximum absolute atomic E-state index is 11.0. The molecule has 86 valence electrons. The standard InChI is InChI=1S/C13H21BrO/c1-9(15)5-6-11-10(2)12(14)7-8-13(11,3)4/h11-12H,2,5-8H2,1,3-4H3. The minimum atomic E-state index is 0.287. The van der Waals surface area contributed by atoms with Gasteiger partial charge in [0.25, 0.3) is 0 Å². The Morgan fingerprint density at radius 3 is 2.73 bits per heavy atom. The van der Waals surface area contributed by atoms with Crippen LogP contribution in [0.1, 0.15) is 46.5 Å². The monoisotopic (exact) mass is 272 g/mol. The van der Waals surface area contributed by atoms with Gasteiger partial charge < -0.3 is 4.79 Å². The first-order valence-corrected chi connectivity index (χ1v) is 6.58. The summed E-state index contributed by atoms with van der Waals surface area (Å²) in [6.07, 6.45) is 4.03. The Balaban J connectivity index is 2.70. The van der Waals surface area contributed by atoms with Crippen LogP contribution in [0.5, 0.6) is 0 Å². The molecule has 1 nitrogen and oxygen atoms in total. The molecule has 2 unspecified atom stereocenters. The second kappa shape index (κ2) is 4.82. The minimum Gasteiger partial charge on any atom is -0.300 e. The molecule has 0 spiro atoms. The predicted octanol–water partition coefficient (Wildman–Crippen LogP) is 4.11. The van der Waals surface area contributed by atoms with Crippen molar-refractivity contribution in [2.24, 2.45) is 11.3 Å². The lowest BCUT2D eigenvalue weighted by atomic mass is 9.65. The Morgan fingerprint density at radius 1 is 1.60 bits per heavy atom. The number of carbonyl (C=O) groups is 1. The largest absolute Gasteiger partial charge is 0.300 e. The van der Waals surface area contributed by atoms with Gasteiger partial charge in [0.1, 0.15) is 5.78 Å². The summed E-state index contributed by atoms with van der Waals surface area (Å²) >= 11 is 3.67. The van der Waals surface area contributed by atoms with E-state index < -0.39 is 0 Å². The number of carbonyl (C=O) groups excluding carboxylic acids is 1. The van der Waals surface area contributed by atoms with E-state index in [0.29, 0.717) is 22.6 Å². The maximum Gasteiger partial charge on any atom is 0.129 e. The first kappa shape index (κ1) is 13.0. The normalized spacial score (nSPS) is 30.3. The number of hydrogen-bond acceptors (Lipinski definition) is 1. The molecule has 0 radical (unpaired) electrons. The van der Waals surface area contributed by atoms with E-state index in [1.54, 1.807) is 6.92 Å². The van der Waals surface area contributed by atoms with Gasteiger partial charge in [0, 0.05) is 11.2 Å². The van der Waals surface area contributed by atoms with Gasteiger partial charge in [-0.25, -0.2) is 0 Å². The number of allylic oxidation sites excluding steroid dienone is 1. The summed E-state index contributed by atoms with van der Waals surface area (Å²) in [4.78, 5) is 11.5. The average molecular weight is 273 g/mol. The second-order valence-corrected chi connectivity index (χ2v) is 6.47. The van der Waals surface area contributed by atoms with Crippen LogP contribution in [0, 0.1) is 11.3 Å². The van der Waals surface area contributed by atoms with Crippen molar-refractivity contribution in [2.45, 2.75) is 51.3 Å².